The number of hydrogen-bond acceptors (Lipinski definition) is 3. The van der Waals surface area contributed by atoms with Crippen molar-refractivity contribution >= 4 is 11.6 Å². The second kappa shape index (κ2) is 6.19. The van der Waals surface area contributed by atoms with Crippen LogP contribution in [0.15, 0.2) is 18.2 Å². The summed E-state index contributed by atoms with van der Waals surface area (Å²) in [6.07, 6.45) is 2.87. The van der Waals surface area contributed by atoms with Crippen molar-refractivity contribution in [3.8, 4) is 5.75 Å². The number of fused-ring (bicyclic) bond motifs is 1. The summed E-state index contributed by atoms with van der Waals surface area (Å²) in [5.74, 6) is 1.61. The van der Waals surface area contributed by atoms with Gasteiger partial charge in [0.25, 0.3) is 0 Å². The van der Waals surface area contributed by atoms with Crippen LogP contribution < -0.4 is 15.0 Å². The number of rotatable bonds is 4. The second-order valence-corrected chi connectivity index (χ2v) is 6.98. The summed E-state index contributed by atoms with van der Waals surface area (Å²) in [5.41, 5.74) is 2.60. The molecule has 22 heavy (non-hydrogen) atoms. The quantitative estimate of drug-likeness (QED) is 0.930. The zero-order valence-corrected chi connectivity index (χ0v) is 13.8. The van der Waals surface area contributed by atoms with Gasteiger partial charge in [0.15, 0.2) is 0 Å². The number of amides is 1. The van der Waals surface area contributed by atoms with E-state index in [0.29, 0.717) is 12.3 Å². The number of carbonyl (C=O) groups excluding carboxylic acids is 1. The lowest BCUT2D eigenvalue weighted by Crippen LogP contribution is -2.37. The van der Waals surface area contributed by atoms with E-state index in [4.69, 9.17) is 4.74 Å². The molecule has 1 aromatic rings. The van der Waals surface area contributed by atoms with Crippen molar-refractivity contribution < 1.29 is 9.53 Å². The summed E-state index contributed by atoms with van der Waals surface area (Å²) in [5, 5.41) is 3.17. The first-order chi connectivity index (χ1) is 10.5. The smallest absolute Gasteiger partial charge is 0.220 e. The van der Waals surface area contributed by atoms with Crippen LogP contribution in [0.3, 0.4) is 0 Å². The highest BCUT2D eigenvalue weighted by atomic mass is 16.5. The largest absolute Gasteiger partial charge is 0.490 e. The molecule has 4 nitrogen and oxygen atoms in total. The molecule has 4 heteroatoms. The molecule has 2 atom stereocenters. The molecule has 0 bridgehead atoms. The van der Waals surface area contributed by atoms with Gasteiger partial charge in [0, 0.05) is 43.2 Å². The molecule has 2 heterocycles. The maximum Gasteiger partial charge on any atom is 0.220 e. The van der Waals surface area contributed by atoms with Crippen LogP contribution in [0.1, 0.15) is 39.2 Å². The van der Waals surface area contributed by atoms with E-state index >= 15 is 0 Å². The minimum absolute atomic E-state index is 0.178. The molecule has 120 valence electrons. The van der Waals surface area contributed by atoms with Gasteiger partial charge < -0.3 is 15.0 Å². The number of nitrogens with one attached hydrogen (secondary N) is 1. The Morgan fingerprint density at radius 2 is 2.27 bits per heavy atom. The number of nitrogens with zero attached hydrogens (tertiary/aromatic N) is 1. The third-order valence-corrected chi connectivity index (χ3v) is 4.42. The predicted molar refractivity (Wildman–Crippen MR) is 88.5 cm³/mol. The van der Waals surface area contributed by atoms with E-state index in [-0.39, 0.29) is 18.1 Å². The third kappa shape index (κ3) is 3.21. The first-order valence-corrected chi connectivity index (χ1v) is 8.35. The highest BCUT2D eigenvalue weighted by Crippen LogP contribution is 2.37. The summed E-state index contributed by atoms with van der Waals surface area (Å²) in [4.78, 5) is 14.3. The predicted octanol–water partition coefficient (Wildman–Crippen LogP) is 2.75. The number of ether oxygens (including phenoxy) is 1. The van der Waals surface area contributed by atoms with Crippen molar-refractivity contribution in [1.82, 2.24) is 5.32 Å². The van der Waals surface area contributed by atoms with Crippen molar-refractivity contribution in [2.45, 2.75) is 52.2 Å². The molecular formula is C18H26N2O2. The van der Waals surface area contributed by atoms with Crippen LogP contribution in [0.5, 0.6) is 5.75 Å². The zero-order valence-electron chi connectivity index (χ0n) is 13.8. The van der Waals surface area contributed by atoms with Gasteiger partial charge in [-0.05, 0) is 31.4 Å². The summed E-state index contributed by atoms with van der Waals surface area (Å²) < 4.78 is 5.85. The van der Waals surface area contributed by atoms with Gasteiger partial charge in [-0.3, -0.25) is 4.79 Å². The van der Waals surface area contributed by atoms with Crippen molar-refractivity contribution in [2.75, 3.05) is 18.0 Å². The van der Waals surface area contributed by atoms with Crippen LogP contribution in [0.2, 0.25) is 0 Å². The lowest BCUT2D eigenvalue weighted by Gasteiger charge is -2.21. The van der Waals surface area contributed by atoms with E-state index < -0.39 is 0 Å². The standard InChI is InChI=1S/C18H26N2O2/c1-12(2)9-18(21)19-14-7-8-20(11-14)16-5-4-6-17-15(16)10-13(3)22-17/h4-6,12-14H,7-11H2,1-3H3,(H,19,21)/t13?,14-/m0/s1. The Kier molecular flexibility index (Phi) is 4.27. The topological polar surface area (TPSA) is 41.6 Å². The zero-order chi connectivity index (χ0) is 15.7. The molecule has 2 aliphatic heterocycles. The molecule has 0 radical (unpaired) electrons. The fraction of sp³-hybridized carbons (Fsp3) is 0.611. The second-order valence-electron chi connectivity index (χ2n) is 6.98. The van der Waals surface area contributed by atoms with Gasteiger partial charge in [0.05, 0.1) is 0 Å². The Morgan fingerprint density at radius 1 is 1.45 bits per heavy atom. The third-order valence-electron chi connectivity index (χ3n) is 4.42. The molecular weight excluding hydrogens is 276 g/mol. The fourth-order valence-electron chi connectivity index (χ4n) is 3.47. The molecule has 3 rings (SSSR count). The Balaban J connectivity index is 1.64. The van der Waals surface area contributed by atoms with Crippen LogP contribution in [-0.2, 0) is 11.2 Å². The first-order valence-electron chi connectivity index (χ1n) is 8.35. The van der Waals surface area contributed by atoms with E-state index in [9.17, 15) is 4.79 Å². The van der Waals surface area contributed by atoms with Crippen LogP contribution in [-0.4, -0.2) is 31.1 Å². The average Bonchev–Trinajstić information content (AvgIpc) is 3.02. The van der Waals surface area contributed by atoms with Gasteiger partial charge in [0.1, 0.15) is 11.9 Å². The minimum Gasteiger partial charge on any atom is -0.490 e. The molecule has 1 amide bonds. The van der Waals surface area contributed by atoms with Gasteiger partial charge >= 0.3 is 0 Å². The van der Waals surface area contributed by atoms with Crippen LogP contribution in [0, 0.1) is 5.92 Å². The van der Waals surface area contributed by atoms with Crippen LogP contribution >= 0.6 is 0 Å². The SMILES string of the molecule is CC(C)CC(=O)N[C@H]1CCN(c2cccc3c2CC(C)O3)C1. The number of anilines is 1. The molecule has 1 saturated heterocycles. The van der Waals surface area contributed by atoms with E-state index in [1.165, 1.54) is 11.3 Å². The van der Waals surface area contributed by atoms with Gasteiger partial charge in [-0.1, -0.05) is 19.9 Å². The van der Waals surface area contributed by atoms with E-state index in [2.05, 4.69) is 49.2 Å². The maximum absolute atomic E-state index is 11.9. The van der Waals surface area contributed by atoms with Gasteiger partial charge in [0.2, 0.25) is 5.91 Å². The molecule has 0 aromatic heterocycles. The number of hydrogen-bond donors (Lipinski definition) is 1. The first kappa shape index (κ1) is 15.2. The Bertz CT molecular complexity index is 556. The fourth-order valence-corrected chi connectivity index (χ4v) is 3.47. The Morgan fingerprint density at radius 3 is 3.05 bits per heavy atom. The lowest BCUT2D eigenvalue weighted by molar-refractivity contribution is -0.122. The minimum atomic E-state index is 0.178. The molecule has 0 spiro atoms. The Hall–Kier alpha value is -1.71. The highest BCUT2D eigenvalue weighted by Gasteiger charge is 2.29. The van der Waals surface area contributed by atoms with Gasteiger partial charge in [-0.2, -0.15) is 0 Å². The molecule has 2 aliphatic rings. The monoisotopic (exact) mass is 302 g/mol. The summed E-state index contributed by atoms with van der Waals surface area (Å²) in [7, 11) is 0. The molecule has 1 fully saturated rings. The van der Waals surface area contributed by atoms with Crippen molar-refractivity contribution in [3.63, 3.8) is 0 Å². The summed E-state index contributed by atoms with van der Waals surface area (Å²) >= 11 is 0. The van der Waals surface area contributed by atoms with Gasteiger partial charge in [-0.15, -0.1) is 0 Å². The average molecular weight is 302 g/mol. The Labute approximate surface area is 132 Å². The summed E-state index contributed by atoms with van der Waals surface area (Å²) in [6.45, 7) is 8.17. The number of benzene rings is 1. The van der Waals surface area contributed by atoms with E-state index in [0.717, 1.165) is 31.7 Å². The molecule has 1 unspecified atom stereocenters. The molecule has 1 aromatic carbocycles. The molecule has 0 aliphatic carbocycles. The molecule has 1 N–H and O–H groups in total. The highest BCUT2D eigenvalue weighted by molar-refractivity contribution is 5.76. The van der Waals surface area contributed by atoms with Crippen molar-refractivity contribution in [3.05, 3.63) is 23.8 Å². The van der Waals surface area contributed by atoms with Crippen LogP contribution in [0.25, 0.3) is 0 Å². The lowest BCUT2D eigenvalue weighted by atomic mass is 10.1. The maximum atomic E-state index is 11.9. The van der Waals surface area contributed by atoms with Crippen molar-refractivity contribution in [1.29, 1.82) is 0 Å². The normalized spacial score (nSPS) is 23.5. The summed E-state index contributed by atoms with van der Waals surface area (Å²) in [6, 6.07) is 6.57. The number of carbonyl (C=O) groups is 1. The van der Waals surface area contributed by atoms with E-state index in [1.807, 2.05) is 0 Å². The van der Waals surface area contributed by atoms with Crippen molar-refractivity contribution in [2.24, 2.45) is 5.92 Å². The van der Waals surface area contributed by atoms with E-state index in [1.54, 1.807) is 0 Å². The van der Waals surface area contributed by atoms with Gasteiger partial charge in [-0.25, -0.2) is 0 Å². The van der Waals surface area contributed by atoms with Crippen LogP contribution in [0.4, 0.5) is 5.69 Å². The molecule has 0 saturated carbocycles.